The maximum Gasteiger partial charge on any atom is 0.348 e. The standard InChI is InChI=1S/C24H28N2O5S/c1-7-30-20-11-9-8-10-19(20)23(27)31-22-21(17(3)25-26(22)24(4,5)6)32(28,29)18-14-12-16(2)13-15-18/h8-15H,7H2,1-6H3. The van der Waals surface area contributed by atoms with Gasteiger partial charge in [0.15, 0.2) is 4.90 Å². The number of carbonyl (C=O) groups excluding carboxylic acids is 1. The molecule has 0 aliphatic heterocycles. The summed E-state index contributed by atoms with van der Waals surface area (Å²) in [6.45, 7) is 11.2. The van der Waals surface area contributed by atoms with Gasteiger partial charge in [0.1, 0.15) is 11.3 Å². The lowest BCUT2D eigenvalue weighted by atomic mass is 10.1. The first-order valence-electron chi connectivity index (χ1n) is 10.3. The van der Waals surface area contributed by atoms with E-state index in [0.717, 1.165) is 5.56 Å². The lowest BCUT2D eigenvalue weighted by Gasteiger charge is -2.22. The van der Waals surface area contributed by atoms with E-state index in [-0.39, 0.29) is 26.9 Å². The summed E-state index contributed by atoms with van der Waals surface area (Å²) in [4.78, 5) is 13.1. The summed E-state index contributed by atoms with van der Waals surface area (Å²) in [5, 5.41) is 4.43. The lowest BCUT2D eigenvalue weighted by molar-refractivity contribution is 0.0699. The number of hydrogen-bond acceptors (Lipinski definition) is 6. The van der Waals surface area contributed by atoms with Gasteiger partial charge in [0.05, 0.1) is 22.7 Å². The molecule has 0 spiro atoms. The molecule has 0 aliphatic carbocycles. The van der Waals surface area contributed by atoms with E-state index < -0.39 is 21.3 Å². The summed E-state index contributed by atoms with van der Waals surface area (Å²) in [6.07, 6.45) is 0. The molecule has 0 saturated heterocycles. The lowest BCUT2D eigenvalue weighted by Crippen LogP contribution is -2.26. The summed E-state index contributed by atoms with van der Waals surface area (Å²) < 4.78 is 39.8. The van der Waals surface area contributed by atoms with Crippen LogP contribution in [0.2, 0.25) is 0 Å². The number of sulfone groups is 1. The van der Waals surface area contributed by atoms with E-state index in [1.54, 1.807) is 43.3 Å². The zero-order valence-electron chi connectivity index (χ0n) is 19.2. The van der Waals surface area contributed by atoms with Gasteiger partial charge in [-0.15, -0.1) is 0 Å². The first kappa shape index (κ1) is 23.5. The van der Waals surface area contributed by atoms with E-state index in [1.807, 2.05) is 34.6 Å². The summed E-state index contributed by atoms with van der Waals surface area (Å²) in [5.41, 5.74) is 0.750. The summed E-state index contributed by atoms with van der Waals surface area (Å²) in [5.74, 6) is -0.479. The Morgan fingerprint density at radius 3 is 2.25 bits per heavy atom. The molecule has 8 heteroatoms. The van der Waals surface area contributed by atoms with Crippen LogP contribution in [0.5, 0.6) is 11.6 Å². The van der Waals surface area contributed by atoms with Crippen molar-refractivity contribution in [3.8, 4) is 11.6 Å². The molecule has 0 N–H and O–H groups in total. The molecule has 0 bridgehead atoms. The third-order valence-corrected chi connectivity index (χ3v) is 6.70. The molecule has 0 atom stereocenters. The molecule has 0 amide bonds. The quantitative estimate of drug-likeness (QED) is 0.500. The van der Waals surface area contributed by atoms with Crippen LogP contribution in [0, 0.1) is 13.8 Å². The Morgan fingerprint density at radius 1 is 1.03 bits per heavy atom. The molecule has 1 aromatic heterocycles. The van der Waals surface area contributed by atoms with Crippen LogP contribution in [0.4, 0.5) is 0 Å². The number of ether oxygens (including phenoxy) is 2. The smallest absolute Gasteiger partial charge is 0.348 e. The fraction of sp³-hybridized carbons (Fsp3) is 0.333. The molecule has 2 aromatic carbocycles. The average Bonchev–Trinajstić information content (AvgIpc) is 3.06. The van der Waals surface area contributed by atoms with Crippen molar-refractivity contribution in [3.05, 3.63) is 65.4 Å². The van der Waals surface area contributed by atoms with E-state index in [4.69, 9.17) is 9.47 Å². The summed E-state index contributed by atoms with van der Waals surface area (Å²) in [7, 11) is -4.00. The Balaban J connectivity index is 2.17. The minimum atomic E-state index is -4.00. The van der Waals surface area contributed by atoms with E-state index in [1.165, 1.54) is 16.8 Å². The average molecular weight is 457 g/mol. The number of hydrogen-bond donors (Lipinski definition) is 0. The summed E-state index contributed by atoms with van der Waals surface area (Å²) in [6, 6.07) is 13.2. The number of para-hydroxylation sites is 1. The van der Waals surface area contributed by atoms with Gasteiger partial charge in [-0.1, -0.05) is 29.8 Å². The Labute approximate surface area is 188 Å². The number of esters is 1. The molecule has 3 aromatic rings. The number of nitrogens with zero attached hydrogens (tertiary/aromatic N) is 2. The second kappa shape index (κ2) is 8.78. The molecule has 0 aliphatic rings. The molecule has 170 valence electrons. The van der Waals surface area contributed by atoms with Crippen molar-refractivity contribution >= 4 is 15.8 Å². The second-order valence-electron chi connectivity index (χ2n) is 8.44. The fourth-order valence-corrected chi connectivity index (χ4v) is 4.76. The van der Waals surface area contributed by atoms with Gasteiger partial charge in [-0.2, -0.15) is 5.10 Å². The van der Waals surface area contributed by atoms with Crippen LogP contribution in [0.15, 0.2) is 58.3 Å². The normalized spacial score (nSPS) is 11.9. The van der Waals surface area contributed by atoms with Crippen LogP contribution in [-0.2, 0) is 15.4 Å². The van der Waals surface area contributed by atoms with Crippen molar-refractivity contribution in [2.24, 2.45) is 0 Å². The SMILES string of the molecule is CCOc1ccccc1C(=O)Oc1c(S(=O)(=O)c2ccc(C)cc2)c(C)nn1C(C)(C)C. The molecule has 1 heterocycles. The highest BCUT2D eigenvalue weighted by atomic mass is 32.2. The predicted octanol–water partition coefficient (Wildman–Crippen LogP) is 4.71. The number of aromatic nitrogens is 2. The highest BCUT2D eigenvalue weighted by Gasteiger charge is 2.35. The fourth-order valence-electron chi connectivity index (χ4n) is 3.24. The van der Waals surface area contributed by atoms with Crippen LogP contribution in [0.25, 0.3) is 0 Å². The highest BCUT2D eigenvalue weighted by Crippen LogP contribution is 2.36. The Morgan fingerprint density at radius 2 is 1.66 bits per heavy atom. The van der Waals surface area contributed by atoms with Gasteiger partial charge < -0.3 is 9.47 Å². The first-order chi connectivity index (χ1) is 15.0. The number of rotatable bonds is 6. The second-order valence-corrected chi connectivity index (χ2v) is 10.3. The van der Waals surface area contributed by atoms with Gasteiger partial charge in [-0.25, -0.2) is 17.9 Å². The largest absolute Gasteiger partial charge is 0.493 e. The van der Waals surface area contributed by atoms with Crippen LogP contribution in [-0.4, -0.2) is 30.8 Å². The highest BCUT2D eigenvalue weighted by molar-refractivity contribution is 7.91. The molecule has 0 fully saturated rings. The maximum atomic E-state index is 13.5. The van der Waals surface area contributed by atoms with Gasteiger partial charge >= 0.3 is 5.97 Å². The number of benzene rings is 2. The zero-order chi connectivity index (χ0) is 23.7. The summed E-state index contributed by atoms with van der Waals surface area (Å²) >= 11 is 0. The van der Waals surface area contributed by atoms with Crippen molar-refractivity contribution in [3.63, 3.8) is 0 Å². The van der Waals surface area contributed by atoms with Crippen LogP contribution in [0.3, 0.4) is 0 Å². The van der Waals surface area contributed by atoms with Gasteiger partial charge in [-0.3, -0.25) is 0 Å². The van der Waals surface area contributed by atoms with Crippen molar-refractivity contribution in [2.75, 3.05) is 6.61 Å². The predicted molar refractivity (Wildman–Crippen MR) is 121 cm³/mol. The van der Waals surface area contributed by atoms with E-state index in [2.05, 4.69) is 5.10 Å². The number of aryl methyl sites for hydroxylation is 2. The van der Waals surface area contributed by atoms with Crippen molar-refractivity contribution in [1.29, 1.82) is 0 Å². The molecule has 0 radical (unpaired) electrons. The van der Waals surface area contributed by atoms with Gasteiger partial charge in [0.2, 0.25) is 15.7 Å². The van der Waals surface area contributed by atoms with Gasteiger partial charge in [0.25, 0.3) is 0 Å². The van der Waals surface area contributed by atoms with Gasteiger partial charge in [-0.05, 0) is 65.8 Å². The van der Waals surface area contributed by atoms with E-state index in [0.29, 0.717) is 12.4 Å². The Hall–Kier alpha value is -3.13. The zero-order valence-corrected chi connectivity index (χ0v) is 20.0. The minimum absolute atomic E-state index is 0.103. The molecule has 7 nitrogen and oxygen atoms in total. The Kier molecular flexibility index (Phi) is 6.46. The molecular weight excluding hydrogens is 428 g/mol. The van der Waals surface area contributed by atoms with Crippen LogP contribution >= 0.6 is 0 Å². The first-order valence-corrected chi connectivity index (χ1v) is 11.8. The molecular formula is C24H28N2O5S. The monoisotopic (exact) mass is 456 g/mol. The minimum Gasteiger partial charge on any atom is -0.493 e. The van der Waals surface area contributed by atoms with Gasteiger partial charge in [0, 0.05) is 0 Å². The van der Waals surface area contributed by atoms with Crippen LogP contribution in [0.1, 0.15) is 49.3 Å². The third-order valence-electron chi connectivity index (χ3n) is 4.80. The van der Waals surface area contributed by atoms with Crippen LogP contribution < -0.4 is 9.47 Å². The molecule has 0 saturated carbocycles. The molecule has 3 rings (SSSR count). The topological polar surface area (TPSA) is 87.5 Å². The maximum absolute atomic E-state index is 13.5. The molecule has 32 heavy (non-hydrogen) atoms. The van der Waals surface area contributed by atoms with E-state index in [9.17, 15) is 13.2 Å². The van der Waals surface area contributed by atoms with Crippen molar-refractivity contribution in [2.45, 2.75) is 56.9 Å². The van der Waals surface area contributed by atoms with E-state index >= 15 is 0 Å². The molecule has 0 unspecified atom stereocenters. The Bertz CT molecular complexity index is 1240. The van der Waals surface area contributed by atoms with Crippen molar-refractivity contribution < 1.29 is 22.7 Å². The number of carbonyl (C=O) groups is 1. The third kappa shape index (κ3) is 4.55. The van der Waals surface area contributed by atoms with Crippen molar-refractivity contribution in [1.82, 2.24) is 9.78 Å².